The number of nitrogens with one attached hydrogen (secondary N) is 1. The molecule has 2 aromatic carbocycles. The van der Waals surface area contributed by atoms with E-state index < -0.39 is 38.2 Å². The smallest absolute Gasteiger partial charge is 0.269 e. The highest BCUT2D eigenvalue weighted by Gasteiger charge is 2.41. The molecule has 0 unspecified atom stereocenters. The highest BCUT2D eigenvalue weighted by Crippen LogP contribution is 2.29. The first-order valence-corrected chi connectivity index (χ1v) is 11.5. The molecule has 0 aromatic heterocycles. The van der Waals surface area contributed by atoms with E-state index >= 15 is 0 Å². The van der Waals surface area contributed by atoms with Gasteiger partial charge in [-0.3, -0.25) is 9.59 Å². The van der Waals surface area contributed by atoms with Crippen molar-refractivity contribution in [3.05, 3.63) is 54.1 Å². The number of carbonyl (C=O) groups is 2. The number of hydrogen-bond acceptors (Lipinski definition) is 6. The predicted molar refractivity (Wildman–Crippen MR) is 102 cm³/mol. The Balaban J connectivity index is 1.73. The third-order valence-corrected chi connectivity index (χ3v) is 7.89. The van der Waals surface area contributed by atoms with Crippen LogP contribution in [0.2, 0.25) is 0 Å². The molecule has 0 fully saturated rings. The summed E-state index contributed by atoms with van der Waals surface area (Å²) in [5, 5.41) is 2.47. The summed E-state index contributed by atoms with van der Waals surface area (Å²) in [5.74, 6) is -1.45. The molecule has 1 aliphatic rings. The molecule has 0 saturated carbocycles. The summed E-state index contributed by atoms with van der Waals surface area (Å²) in [6.45, 7) is 1.09. The van der Waals surface area contributed by atoms with Gasteiger partial charge in [-0.25, -0.2) is 21.1 Å². The van der Waals surface area contributed by atoms with Crippen LogP contribution < -0.4 is 5.32 Å². The van der Waals surface area contributed by atoms with Gasteiger partial charge >= 0.3 is 0 Å². The highest BCUT2D eigenvalue weighted by atomic mass is 32.2. The molecular weight excluding hydrogens is 404 g/mol. The molecule has 0 spiro atoms. The zero-order valence-corrected chi connectivity index (χ0v) is 16.6. The SMILES string of the molecule is CCCS(=O)(=O)c1ccc(NC(=O)CN2C(=O)c3ccccc3S2(=O)=O)cc1. The van der Waals surface area contributed by atoms with Crippen LogP contribution in [0.3, 0.4) is 0 Å². The number of nitrogens with zero attached hydrogens (tertiary/aromatic N) is 1. The van der Waals surface area contributed by atoms with Gasteiger partial charge in [0.2, 0.25) is 5.91 Å². The van der Waals surface area contributed by atoms with Crippen molar-refractivity contribution in [1.29, 1.82) is 0 Å². The molecule has 8 nitrogen and oxygen atoms in total. The van der Waals surface area contributed by atoms with Crippen molar-refractivity contribution in [3.8, 4) is 0 Å². The average molecular weight is 422 g/mol. The summed E-state index contributed by atoms with van der Waals surface area (Å²) in [6, 6.07) is 11.3. The lowest BCUT2D eigenvalue weighted by Gasteiger charge is -2.15. The van der Waals surface area contributed by atoms with Crippen molar-refractivity contribution in [1.82, 2.24) is 4.31 Å². The number of anilines is 1. The van der Waals surface area contributed by atoms with Crippen LogP contribution in [0.15, 0.2) is 58.3 Å². The minimum absolute atomic E-state index is 0.0220. The van der Waals surface area contributed by atoms with Crippen LogP contribution in [0.5, 0.6) is 0 Å². The summed E-state index contributed by atoms with van der Waals surface area (Å²) in [5.41, 5.74) is 0.322. The molecule has 1 N–H and O–H groups in total. The van der Waals surface area contributed by atoms with Gasteiger partial charge in [0.05, 0.1) is 16.2 Å². The van der Waals surface area contributed by atoms with Crippen molar-refractivity contribution < 1.29 is 26.4 Å². The van der Waals surface area contributed by atoms with E-state index in [0.717, 1.165) is 0 Å². The predicted octanol–water partition coefficient (Wildman–Crippen LogP) is 1.65. The molecule has 2 aromatic rings. The van der Waals surface area contributed by atoms with Crippen LogP contribution in [-0.2, 0) is 24.7 Å². The molecule has 10 heteroatoms. The van der Waals surface area contributed by atoms with Crippen LogP contribution in [0, 0.1) is 0 Å². The first-order chi connectivity index (χ1) is 13.2. The zero-order chi connectivity index (χ0) is 20.5. The first kappa shape index (κ1) is 20.0. The Morgan fingerprint density at radius 2 is 1.71 bits per heavy atom. The molecule has 0 bridgehead atoms. The summed E-state index contributed by atoms with van der Waals surface area (Å²) in [6.07, 6.45) is 0.488. The third kappa shape index (κ3) is 3.65. The molecule has 2 amide bonds. The molecule has 0 radical (unpaired) electrons. The van der Waals surface area contributed by atoms with Crippen LogP contribution in [0.4, 0.5) is 5.69 Å². The topological polar surface area (TPSA) is 118 Å². The second-order valence-electron chi connectivity index (χ2n) is 6.20. The number of sulfone groups is 1. The maximum atomic E-state index is 12.5. The van der Waals surface area contributed by atoms with Gasteiger partial charge in [0.1, 0.15) is 11.4 Å². The van der Waals surface area contributed by atoms with E-state index in [-0.39, 0.29) is 21.1 Å². The lowest BCUT2D eigenvalue weighted by atomic mass is 10.2. The molecule has 0 aliphatic carbocycles. The molecule has 0 atom stereocenters. The monoisotopic (exact) mass is 422 g/mol. The second kappa shape index (κ2) is 7.36. The van der Waals surface area contributed by atoms with Crippen molar-refractivity contribution in [3.63, 3.8) is 0 Å². The largest absolute Gasteiger partial charge is 0.325 e. The number of sulfonamides is 1. The number of rotatable bonds is 6. The molecule has 1 aliphatic heterocycles. The summed E-state index contributed by atoms with van der Waals surface area (Å²) in [4.78, 5) is 24.6. The fourth-order valence-corrected chi connectivity index (χ4v) is 5.70. The number of fused-ring (bicyclic) bond motifs is 1. The number of carbonyl (C=O) groups excluding carboxylic acids is 2. The molecule has 1 heterocycles. The van der Waals surface area contributed by atoms with Gasteiger partial charge in [0.15, 0.2) is 9.84 Å². The Bertz CT molecular complexity index is 1140. The maximum absolute atomic E-state index is 12.5. The van der Waals surface area contributed by atoms with Crippen molar-refractivity contribution in [2.75, 3.05) is 17.6 Å². The molecular formula is C18H18N2O6S2. The normalized spacial score (nSPS) is 15.3. The van der Waals surface area contributed by atoms with Gasteiger partial charge in [0.25, 0.3) is 15.9 Å². The van der Waals surface area contributed by atoms with E-state index in [1.165, 1.54) is 42.5 Å². The van der Waals surface area contributed by atoms with Crippen LogP contribution >= 0.6 is 0 Å². The minimum atomic E-state index is -4.07. The summed E-state index contributed by atoms with van der Waals surface area (Å²) in [7, 11) is -7.44. The van der Waals surface area contributed by atoms with Gasteiger partial charge in [0, 0.05) is 5.69 Å². The lowest BCUT2D eigenvalue weighted by Crippen LogP contribution is -2.37. The molecule has 3 rings (SSSR count). The number of hydrogen-bond donors (Lipinski definition) is 1. The fourth-order valence-electron chi connectivity index (χ4n) is 2.85. The third-order valence-electron chi connectivity index (χ3n) is 4.17. The maximum Gasteiger partial charge on any atom is 0.269 e. The van der Waals surface area contributed by atoms with E-state index in [9.17, 15) is 26.4 Å². The highest BCUT2D eigenvalue weighted by molar-refractivity contribution is 7.91. The number of benzene rings is 2. The van der Waals surface area contributed by atoms with E-state index in [0.29, 0.717) is 16.4 Å². The van der Waals surface area contributed by atoms with Crippen LogP contribution in [0.25, 0.3) is 0 Å². The zero-order valence-electron chi connectivity index (χ0n) is 15.0. The quantitative estimate of drug-likeness (QED) is 0.756. The Hall–Kier alpha value is -2.72. The lowest BCUT2D eigenvalue weighted by molar-refractivity contribution is -0.116. The van der Waals surface area contributed by atoms with Gasteiger partial charge in [-0.1, -0.05) is 19.1 Å². The first-order valence-electron chi connectivity index (χ1n) is 8.45. The van der Waals surface area contributed by atoms with E-state index in [4.69, 9.17) is 0 Å². The Morgan fingerprint density at radius 3 is 2.32 bits per heavy atom. The van der Waals surface area contributed by atoms with Crippen molar-refractivity contribution in [2.24, 2.45) is 0 Å². The van der Waals surface area contributed by atoms with Gasteiger partial charge < -0.3 is 5.32 Å². The minimum Gasteiger partial charge on any atom is -0.325 e. The van der Waals surface area contributed by atoms with Crippen LogP contribution in [0.1, 0.15) is 23.7 Å². The van der Waals surface area contributed by atoms with E-state index in [1.807, 2.05) is 0 Å². The van der Waals surface area contributed by atoms with Crippen LogP contribution in [-0.4, -0.2) is 45.3 Å². The molecule has 0 saturated heterocycles. The van der Waals surface area contributed by atoms with E-state index in [1.54, 1.807) is 13.0 Å². The summed E-state index contributed by atoms with van der Waals surface area (Å²) >= 11 is 0. The Kier molecular flexibility index (Phi) is 5.26. The van der Waals surface area contributed by atoms with Crippen molar-refractivity contribution in [2.45, 2.75) is 23.1 Å². The van der Waals surface area contributed by atoms with Crippen molar-refractivity contribution >= 4 is 37.4 Å². The number of amides is 2. The van der Waals surface area contributed by atoms with Gasteiger partial charge in [-0.15, -0.1) is 0 Å². The second-order valence-corrected chi connectivity index (χ2v) is 10.1. The molecule has 148 valence electrons. The fraction of sp³-hybridized carbons (Fsp3) is 0.222. The Morgan fingerprint density at radius 1 is 1.07 bits per heavy atom. The van der Waals surface area contributed by atoms with Gasteiger partial charge in [-0.2, -0.15) is 0 Å². The molecule has 28 heavy (non-hydrogen) atoms. The standard InChI is InChI=1S/C18H18N2O6S2/c1-2-11-27(23,24)14-9-7-13(8-10-14)19-17(21)12-20-18(22)15-5-3-4-6-16(15)28(20,25)26/h3-10H,2,11-12H2,1H3,(H,19,21). The summed E-state index contributed by atoms with van der Waals surface area (Å²) < 4.78 is 49.5. The Labute approximate surface area is 163 Å². The average Bonchev–Trinajstić information content (AvgIpc) is 2.83. The van der Waals surface area contributed by atoms with E-state index in [2.05, 4.69) is 5.32 Å². The van der Waals surface area contributed by atoms with Gasteiger partial charge in [-0.05, 0) is 42.8 Å².